The maximum atomic E-state index is 10.7. The van der Waals surface area contributed by atoms with Crippen molar-refractivity contribution in [1.82, 2.24) is 4.90 Å². The summed E-state index contributed by atoms with van der Waals surface area (Å²) in [4.78, 5) is 13.0. The minimum Gasteiger partial charge on any atom is -0.508 e. The molecule has 0 radical (unpaired) electrons. The lowest BCUT2D eigenvalue weighted by atomic mass is 10.1. The number of carbonyl (C=O) groups excluding carboxylic acids is 1. The Morgan fingerprint density at radius 2 is 1.62 bits per heavy atom. The maximum Gasteiger partial charge on any atom is 0.159 e. The zero-order valence-electron chi connectivity index (χ0n) is 19.2. The first-order valence-corrected chi connectivity index (χ1v) is 10.9. The lowest BCUT2D eigenvalue weighted by Crippen LogP contribution is -2.31. The molecule has 32 heavy (non-hydrogen) atoms. The summed E-state index contributed by atoms with van der Waals surface area (Å²) in [6.45, 7) is 9.10. The van der Waals surface area contributed by atoms with E-state index < -0.39 is 0 Å². The minimum absolute atomic E-state index is 0.0139. The summed E-state index contributed by atoms with van der Waals surface area (Å²) in [7, 11) is 0. The highest BCUT2D eigenvalue weighted by molar-refractivity contribution is 5.94. The molecule has 0 saturated carbocycles. The third-order valence-electron chi connectivity index (χ3n) is 5.25. The highest BCUT2D eigenvalue weighted by atomic mass is 16.5. The van der Waals surface area contributed by atoms with Gasteiger partial charge in [0.15, 0.2) is 5.78 Å². The zero-order chi connectivity index (χ0) is 23.3. The number of aromatic hydroxyl groups is 1. The molecule has 1 unspecified atom stereocenters. The quantitative estimate of drug-likeness (QED) is 0.453. The standard InChI is InChI=1S/C19H26N2O.C8H8O2/c1-3-21(14-13-20)16(2)18-9-11-19(12-10-18)22-15-17-7-5-4-6-8-17;1-6(9)7-2-4-8(10)5-3-7/h4-12,16H,3,13-15,20H2,1-2H3;2-5,10H,1H3. The molecule has 3 aromatic rings. The average Bonchev–Trinajstić information content (AvgIpc) is 2.82. The van der Waals surface area contributed by atoms with Gasteiger partial charge in [0.05, 0.1) is 0 Å². The first-order valence-electron chi connectivity index (χ1n) is 10.9. The van der Waals surface area contributed by atoms with Crippen molar-refractivity contribution < 1.29 is 14.6 Å². The summed E-state index contributed by atoms with van der Waals surface area (Å²) in [5.41, 5.74) is 8.78. The number of Topliss-reactive ketones (excluding diaryl/α,β-unsaturated/α-hetero) is 1. The van der Waals surface area contributed by atoms with E-state index in [9.17, 15) is 4.79 Å². The van der Waals surface area contributed by atoms with Crippen LogP contribution < -0.4 is 10.5 Å². The summed E-state index contributed by atoms with van der Waals surface area (Å²) in [5, 5.41) is 8.83. The Hall–Kier alpha value is -3.15. The fourth-order valence-corrected chi connectivity index (χ4v) is 3.28. The van der Waals surface area contributed by atoms with E-state index in [1.54, 1.807) is 12.1 Å². The Labute approximate surface area is 191 Å². The molecule has 0 saturated heterocycles. The molecule has 0 spiro atoms. The van der Waals surface area contributed by atoms with Gasteiger partial charge in [0.25, 0.3) is 0 Å². The first-order chi connectivity index (χ1) is 15.4. The summed E-state index contributed by atoms with van der Waals surface area (Å²) in [6, 6.07) is 25.1. The summed E-state index contributed by atoms with van der Waals surface area (Å²) in [6.07, 6.45) is 0. The number of hydrogen-bond donors (Lipinski definition) is 2. The van der Waals surface area contributed by atoms with Crippen LogP contribution in [0, 0.1) is 0 Å². The molecule has 1 atom stereocenters. The van der Waals surface area contributed by atoms with Crippen LogP contribution in [0.2, 0.25) is 0 Å². The number of nitrogens with two attached hydrogens (primary N) is 1. The van der Waals surface area contributed by atoms with Crippen LogP contribution in [0.1, 0.15) is 48.3 Å². The number of phenols is 1. The van der Waals surface area contributed by atoms with Gasteiger partial charge in [0.2, 0.25) is 0 Å². The van der Waals surface area contributed by atoms with E-state index in [0.29, 0.717) is 24.8 Å². The molecule has 5 heteroatoms. The van der Waals surface area contributed by atoms with E-state index in [1.165, 1.54) is 30.2 Å². The number of ketones is 1. The molecular weight excluding hydrogens is 400 g/mol. The Morgan fingerprint density at radius 3 is 2.16 bits per heavy atom. The number of hydrogen-bond acceptors (Lipinski definition) is 5. The molecule has 5 nitrogen and oxygen atoms in total. The number of carbonyl (C=O) groups is 1. The molecule has 170 valence electrons. The van der Waals surface area contributed by atoms with Gasteiger partial charge in [0, 0.05) is 24.7 Å². The van der Waals surface area contributed by atoms with E-state index in [2.05, 4.69) is 43.0 Å². The number of phenolic OH excluding ortho intramolecular Hbond substituents is 1. The lowest BCUT2D eigenvalue weighted by molar-refractivity contribution is 0.101. The van der Waals surface area contributed by atoms with Crippen molar-refractivity contribution in [2.24, 2.45) is 5.73 Å². The van der Waals surface area contributed by atoms with Gasteiger partial charge in [-0.05, 0) is 67.9 Å². The smallest absolute Gasteiger partial charge is 0.159 e. The normalized spacial score (nSPS) is 11.4. The van der Waals surface area contributed by atoms with Gasteiger partial charge < -0.3 is 15.6 Å². The van der Waals surface area contributed by atoms with Crippen molar-refractivity contribution in [3.63, 3.8) is 0 Å². The van der Waals surface area contributed by atoms with Gasteiger partial charge in [0.1, 0.15) is 18.1 Å². The van der Waals surface area contributed by atoms with Crippen molar-refractivity contribution in [1.29, 1.82) is 0 Å². The largest absolute Gasteiger partial charge is 0.508 e. The van der Waals surface area contributed by atoms with E-state index in [1.807, 2.05) is 30.3 Å². The van der Waals surface area contributed by atoms with Crippen molar-refractivity contribution >= 4 is 5.78 Å². The van der Waals surface area contributed by atoms with Crippen LogP contribution in [0.3, 0.4) is 0 Å². The Bertz CT molecular complexity index is 925. The maximum absolute atomic E-state index is 10.7. The molecule has 0 aliphatic carbocycles. The molecule has 0 fully saturated rings. The topological polar surface area (TPSA) is 75.8 Å². The number of nitrogens with zero attached hydrogens (tertiary/aromatic N) is 1. The number of ether oxygens (including phenoxy) is 1. The van der Waals surface area contributed by atoms with Crippen LogP contribution >= 0.6 is 0 Å². The fraction of sp³-hybridized carbons (Fsp3) is 0.296. The third-order valence-corrected chi connectivity index (χ3v) is 5.25. The molecule has 0 heterocycles. The molecule has 0 aromatic heterocycles. The summed E-state index contributed by atoms with van der Waals surface area (Å²) < 4.78 is 5.83. The second-order valence-electron chi connectivity index (χ2n) is 7.54. The van der Waals surface area contributed by atoms with Crippen molar-refractivity contribution in [2.75, 3.05) is 19.6 Å². The SMILES string of the molecule is CC(=O)c1ccc(O)cc1.CCN(CCN)C(C)c1ccc(OCc2ccccc2)cc1. The molecule has 3 N–H and O–H groups in total. The minimum atomic E-state index is 0.0139. The van der Waals surface area contributed by atoms with Gasteiger partial charge in [-0.3, -0.25) is 9.69 Å². The Kier molecular flexibility index (Phi) is 10.4. The van der Waals surface area contributed by atoms with E-state index in [0.717, 1.165) is 18.8 Å². The number of benzene rings is 3. The van der Waals surface area contributed by atoms with Crippen LogP contribution in [-0.2, 0) is 6.61 Å². The van der Waals surface area contributed by atoms with Crippen LogP contribution in [0.15, 0.2) is 78.9 Å². The van der Waals surface area contributed by atoms with Crippen molar-refractivity contribution in [2.45, 2.75) is 33.4 Å². The summed E-state index contributed by atoms with van der Waals surface area (Å²) in [5.74, 6) is 1.10. The van der Waals surface area contributed by atoms with E-state index >= 15 is 0 Å². The predicted molar refractivity (Wildman–Crippen MR) is 130 cm³/mol. The van der Waals surface area contributed by atoms with Crippen LogP contribution in [0.25, 0.3) is 0 Å². The molecular formula is C27H34N2O3. The van der Waals surface area contributed by atoms with Crippen LogP contribution in [-0.4, -0.2) is 35.4 Å². The third kappa shape index (κ3) is 8.17. The van der Waals surface area contributed by atoms with Gasteiger partial charge in [-0.1, -0.05) is 49.4 Å². The highest BCUT2D eigenvalue weighted by Crippen LogP contribution is 2.22. The van der Waals surface area contributed by atoms with E-state index in [4.69, 9.17) is 15.6 Å². The van der Waals surface area contributed by atoms with Gasteiger partial charge in [-0.25, -0.2) is 0 Å². The number of rotatable bonds is 9. The van der Waals surface area contributed by atoms with Crippen LogP contribution in [0.5, 0.6) is 11.5 Å². The Balaban J connectivity index is 0.000000303. The van der Waals surface area contributed by atoms with Crippen molar-refractivity contribution in [3.05, 3.63) is 95.6 Å². The average molecular weight is 435 g/mol. The zero-order valence-corrected chi connectivity index (χ0v) is 19.2. The molecule has 3 rings (SSSR count). The van der Waals surface area contributed by atoms with Gasteiger partial charge in [-0.2, -0.15) is 0 Å². The monoisotopic (exact) mass is 434 g/mol. The summed E-state index contributed by atoms with van der Waals surface area (Å²) >= 11 is 0. The fourth-order valence-electron chi connectivity index (χ4n) is 3.28. The molecule has 0 aliphatic heterocycles. The van der Waals surface area contributed by atoms with Crippen LogP contribution in [0.4, 0.5) is 0 Å². The van der Waals surface area contributed by atoms with Gasteiger partial charge >= 0.3 is 0 Å². The first kappa shape index (κ1) is 25.1. The Morgan fingerprint density at radius 1 is 1.00 bits per heavy atom. The van der Waals surface area contributed by atoms with Crippen molar-refractivity contribution in [3.8, 4) is 11.5 Å². The molecule has 0 amide bonds. The molecule has 3 aromatic carbocycles. The highest BCUT2D eigenvalue weighted by Gasteiger charge is 2.13. The second kappa shape index (κ2) is 13.3. The molecule has 0 aliphatic rings. The predicted octanol–water partition coefficient (Wildman–Crippen LogP) is 5.20. The number of likely N-dealkylation sites (N-methyl/N-ethyl adjacent to an activating group) is 1. The lowest BCUT2D eigenvalue weighted by Gasteiger charge is -2.27. The second-order valence-corrected chi connectivity index (χ2v) is 7.54. The molecule has 0 bridgehead atoms. The van der Waals surface area contributed by atoms with E-state index in [-0.39, 0.29) is 11.5 Å². The van der Waals surface area contributed by atoms with Gasteiger partial charge in [-0.15, -0.1) is 0 Å².